The predicted octanol–water partition coefficient (Wildman–Crippen LogP) is 0.993. The standard InChI is InChI=1S/C6H8F3N3O/c7-6(8,9)4-13-12-3-5-10-1-2-11-5/h1-2,12H,3-4H2,(H,10,11). The molecule has 0 saturated carbocycles. The third-order valence-corrected chi connectivity index (χ3v) is 1.13. The summed E-state index contributed by atoms with van der Waals surface area (Å²) in [5.74, 6) is 0.516. The van der Waals surface area contributed by atoms with Gasteiger partial charge in [-0.3, -0.25) is 4.84 Å². The number of aromatic nitrogens is 2. The lowest BCUT2D eigenvalue weighted by molar-refractivity contribution is -0.190. The second kappa shape index (κ2) is 4.24. The van der Waals surface area contributed by atoms with Gasteiger partial charge in [0.05, 0.1) is 6.54 Å². The van der Waals surface area contributed by atoms with Crippen molar-refractivity contribution in [2.45, 2.75) is 12.7 Å². The fourth-order valence-electron chi connectivity index (χ4n) is 0.647. The van der Waals surface area contributed by atoms with Crippen LogP contribution < -0.4 is 5.48 Å². The normalized spacial score (nSPS) is 11.9. The minimum absolute atomic E-state index is 0.114. The third kappa shape index (κ3) is 4.48. The van der Waals surface area contributed by atoms with E-state index >= 15 is 0 Å². The van der Waals surface area contributed by atoms with E-state index < -0.39 is 12.8 Å². The molecule has 7 heteroatoms. The molecular formula is C6H8F3N3O. The van der Waals surface area contributed by atoms with E-state index in [0.717, 1.165) is 0 Å². The van der Waals surface area contributed by atoms with Gasteiger partial charge in [0.1, 0.15) is 5.82 Å². The van der Waals surface area contributed by atoms with Crippen LogP contribution in [-0.2, 0) is 11.4 Å². The number of imidazole rings is 1. The Balaban J connectivity index is 2.09. The number of alkyl halides is 3. The fourth-order valence-corrected chi connectivity index (χ4v) is 0.647. The summed E-state index contributed by atoms with van der Waals surface area (Å²) in [6.07, 6.45) is -1.24. The molecule has 1 aromatic heterocycles. The number of hydroxylamine groups is 1. The van der Waals surface area contributed by atoms with E-state index in [4.69, 9.17) is 0 Å². The average Bonchev–Trinajstić information content (AvgIpc) is 2.48. The van der Waals surface area contributed by atoms with E-state index in [9.17, 15) is 13.2 Å². The largest absolute Gasteiger partial charge is 0.413 e. The van der Waals surface area contributed by atoms with Crippen LogP contribution in [0.5, 0.6) is 0 Å². The molecule has 0 aliphatic rings. The highest BCUT2D eigenvalue weighted by Gasteiger charge is 2.27. The van der Waals surface area contributed by atoms with Crippen LogP contribution in [0.1, 0.15) is 5.82 Å². The van der Waals surface area contributed by atoms with Crippen LogP contribution in [0.25, 0.3) is 0 Å². The van der Waals surface area contributed by atoms with Crippen LogP contribution in [0.3, 0.4) is 0 Å². The molecule has 0 spiro atoms. The number of nitrogens with zero attached hydrogens (tertiary/aromatic N) is 1. The van der Waals surface area contributed by atoms with Crippen molar-refractivity contribution in [1.82, 2.24) is 15.4 Å². The third-order valence-electron chi connectivity index (χ3n) is 1.13. The maximum atomic E-state index is 11.5. The average molecular weight is 195 g/mol. The van der Waals surface area contributed by atoms with Crippen molar-refractivity contribution in [2.75, 3.05) is 6.61 Å². The van der Waals surface area contributed by atoms with Gasteiger partial charge in [0.15, 0.2) is 6.61 Å². The Bertz CT molecular complexity index is 234. The van der Waals surface area contributed by atoms with Crippen LogP contribution in [0, 0.1) is 0 Å². The van der Waals surface area contributed by atoms with E-state index in [1.54, 1.807) is 6.20 Å². The number of halogens is 3. The first-order valence-corrected chi connectivity index (χ1v) is 3.47. The lowest BCUT2D eigenvalue weighted by Gasteiger charge is -2.06. The molecule has 2 N–H and O–H groups in total. The molecule has 0 bridgehead atoms. The minimum atomic E-state index is -4.31. The first-order chi connectivity index (χ1) is 6.08. The van der Waals surface area contributed by atoms with Crippen LogP contribution >= 0.6 is 0 Å². The van der Waals surface area contributed by atoms with Crippen LogP contribution in [0.2, 0.25) is 0 Å². The number of rotatable bonds is 4. The van der Waals surface area contributed by atoms with Gasteiger partial charge in [-0.25, -0.2) is 4.98 Å². The Morgan fingerprint density at radius 2 is 2.31 bits per heavy atom. The van der Waals surface area contributed by atoms with E-state index in [0.29, 0.717) is 5.82 Å². The zero-order chi connectivity index (χ0) is 9.73. The molecule has 0 aliphatic carbocycles. The van der Waals surface area contributed by atoms with Gasteiger partial charge in [-0.2, -0.15) is 18.7 Å². The van der Waals surface area contributed by atoms with Crippen molar-refractivity contribution < 1.29 is 18.0 Å². The monoisotopic (exact) mass is 195 g/mol. The number of nitrogens with one attached hydrogen (secondary N) is 2. The van der Waals surface area contributed by atoms with E-state index in [1.807, 2.05) is 0 Å². The van der Waals surface area contributed by atoms with Gasteiger partial charge in [-0.15, -0.1) is 0 Å². The summed E-state index contributed by atoms with van der Waals surface area (Å²) in [4.78, 5) is 10.6. The number of aromatic amines is 1. The first-order valence-electron chi connectivity index (χ1n) is 3.47. The molecule has 0 fully saturated rings. The Morgan fingerprint density at radius 1 is 1.54 bits per heavy atom. The van der Waals surface area contributed by atoms with Crippen LogP contribution in [0.15, 0.2) is 12.4 Å². The van der Waals surface area contributed by atoms with Crippen molar-refractivity contribution in [3.8, 4) is 0 Å². The van der Waals surface area contributed by atoms with Gasteiger partial charge in [0.2, 0.25) is 0 Å². The summed E-state index contributed by atoms with van der Waals surface area (Å²) >= 11 is 0. The highest BCUT2D eigenvalue weighted by molar-refractivity contribution is 4.84. The van der Waals surface area contributed by atoms with E-state index in [-0.39, 0.29) is 6.54 Å². The molecule has 74 valence electrons. The van der Waals surface area contributed by atoms with Crippen molar-refractivity contribution in [2.24, 2.45) is 0 Å². The van der Waals surface area contributed by atoms with Crippen molar-refractivity contribution >= 4 is 0 Å². The van der Waals surface area contributed by atoms with Gasteiger partial charge < -0.3 is 4.98 Å². The lowest BCUT2D eigenvalue weighted by atomic mass is 10.6. The number of hydrogen-bond acceptors (Lipinski definition) is 3. The molecule has 13 heavy (non-hydrogen) atoms. The van der Waals surface area contributed by atoms with E-state index in [2.05, 4.69) is 20.3 Å². The molecule has 0 amide bonds. The summed E-state index contributed by atoms with van der Waals surface area (Å²) in [5, 5.41) is 0. The molecule has 1 aromatic rings. The second-order valence-electron chi connectivity index (χ2n) is 2.26. The van der Waals surface area contributed by atoms with Crippen LogP contribution in [0.4, 0.5) is 13.2 Å². The topological polar surface area (TPSA) is 49.9 Å². The van der Waals surface area contributed by atoms with Gasteiger partial charge >= 0.3 is 6.18 Å². The smallest absolute Gasteiger partial charge is 0.347 e. The maximum Gasteiger partial charge on any atom is 0.413 e. The molecule has 4 nitrogen and oxygen atoms in total. The Labute approximate surface area is 72.1 Å². The van der Waals surface area contributed by atoms with Crippen molar-refractivity contribution in [1.29, 1.82) is 0 Å². The number of H-pyrrole nitrogens is 1. The Morgan fingerprint density at radius 3 is 2.85 bits per heavy atom. The highest BCUT2D eigenvalue weighted by Crippen LogP contribution is 2.13. The molecular weight excluding hydrogens is 187 g/mol. The van der Waals surface area contributed by atoms with E-state index in [1.165, 1.54) is 6.20 Å². The molecule has 0 aromatic carbocycles. The van der Waals surface area contributed by atoms with Gasteiger partial charge in [-0.05, 0) is 0 Å². The quantitative estimate of drug-likeness (QED) is 0.556. The molecule has 0 saturated heterocycles. The Hall–Kier alpha value is -1.08. The van der Waals surface area contributed by atoms with Gasteiger partial charge in [0.25, 0.3) is 0 Å². The predicted molar refractivity (Wildman–Crippen MR) is 37.4 cm³/mol. The summed E-state index contributed by atoms with van der Waals surface area (Å²) in [6.45, 7) is -1.20. The summed E-state index contributed by atoms with van der Waals surface area (Å²) in [5.41, 5.74) is 2.13. The van der Waals surface area contributed by atoms with Crippen LogP contribution in [-0.4, -0.2) is 22.8 Å². The summed E-state index contributed by atoms with van der Waals surface area (Å²) in [7, 11) is 0. The molecule has 1 rings (SSSR count). The van der Waals surface area contributed by atoms with Gasteiger partial charge in [0, 0.05) is 12.4 Å². The summed E-state index contributed by atoms with van der Waals surface area (Å²) < 4.78 is 34.6. The van der Waals surface area contributed by atoms with Gasteiger partial charge in [-0.1, -0.05) is 0 Å². The molecule has 0 unspecified atom stereocenters. The summed E-state index contributed by atoms with van der Waals surface area (Å²) in [6, 6.07) is 0. The molecule has 0 aliphatic heterocycles. The fraction of sp³-hybridized carbons (Fsp3) is 0.500. The second-order valence-corrected chi connectivity index (χ2v) is 2.26. The van der Waals surface area contributed by atoms with Crippen molar-refractivity contribution in [3.63, 3.8) is 0 Å². The number of hydrogen-bond donors (Lipinski definition) is 2. The van der Waals surface area contributed by atoms with Crippen molar-refractivity contribution in [3.05, 3.63) is 18.2 Å². The Kier molecular flexibility index (Phi) is 3.26. The SMILES string of the molecule is FC(F)(F)CONCc1ncc[nH]1. The zero-order valence-corrected chi connectivity index (χ0v) is 6.56. The zero-order valence-electron chi connectivity index (χ0n) is 6.56. The maximum absolute atomic E-state index is 11.5. The lowest BCUT2D eigenvalue weighted by Crippen LogP contribution is -2.24. The minimum Gasteiger partial charge on any atom is -0.347 e. The molecule has 1 heterocycles. The first kappa shape index (κ1) is 10.0. The highest BCUT2D eigenvalue weighted by atomic mass is 19.4. The molecule has 0 radical (unpaired) electrons. The molecule has 0 atom stereocenters.